The van der Waals surface area contributed by atoms with Gasteiger partial charge in [0.15, 0.2) is 0 Å². The number of fused-ring (bicyclic) bond motifs is 1. The molecule has 2 atom stereocenters. The number of aromatic nitrogens is 2. The molecule has 1 saturated carbocycles. The van der Waals surface area contributed by atoms with Gasteiger partial charge in [-0.2, -0.15) is 5.10 Å². The van der Waals surface area contributed by atoms with Crippen LogP contribution in [0.2, 0.25) is 0 Å². The van der Waals surface area contributed by atoms with Gasteiger partial charge >= 0.3 is 0 Å². The Morgan fingerprint density at radius 1 is 1.36 bits per heavy atom. The third-order valence-corrected chi connectivity index (χ3v) is 5.93. The molecule has 22 heavy (non-hydrogen) atoms. The summed E-state index contributed by atoms with van der Waals surface area (Å²) in [6.45, 7) is 0. The summed E-state index contributed by atoms with van der Waals surface area (Å²) in [7, 11) is -3.05. The minimum absolute atomic E-state index is 0.0980. The molecule has 1 heterocycles. The van der Waals surface area contributed by atoms with E-state index in [0.717, 1.165) is 18.2 Å². The van der Waals surface area contributed by atoms with Crippen molar-refractivity contribution in [2.24, 2.45) is 0 Å². The van der Waals surface area contributed by atoms with Gasteiger partial charge in [0.05, 0.1) is 22.5 Å². The molecule has 2 N–H and O–H groups in total. The number of rotatable bonds is 3. The number of para-hydroxylation sites is 1. The van der Waals surface area contributed by atoms with Crippen molar-refractivity contribution in [3.8, 4) is 0 Å². The molecule has 0 spiro atoms. The van der Waals surface area contributed by atoms with Gasteiger partial charge in [-0.25, -0.2) is 8.42 Å². The first-order valence-corrected chi connectivity index (χ1v) is 9.32. The number of hydrogen-bond donors (Lipinski definition) is 2. The van der Waals surface area contributed by atoms with E-state index in [4.69, 9.17) is 0 Å². The van der Waals surface area contributed by atoms with Crippen LogP contribution in [0.3, 0.4) is 0 Å². The third kappa shape index (κ3) is 2.99. The SMILES string of the molecule is CS(=O)(=O)C1CCCC(NC(=O)c2cccc3cn[nH]c23)C1. The first-order chi connectivity index (χ1) is 10.4. The monoisotopic (exact) mass is 321 g/mol. The Hall–Kier alpha value is -1.89. The molecular weight excluding hydrogens is 302 g/mol. The van der Waals surface area contributed by atoms with Crippen LogP contribution < -0.4 is 5.32 Å². The van der Waals surface area contributed by atoms with Crippen LogP contribution in [0.4, 0.5) is 0 Å². The zero-order chi connectivity index (χ0) is 15.7. The van der Waals surface area contributed by atoms with Crippen LogP contribution >= 0.6 is 0 Å². The lowest BCUT2D eigenvalue weighted by molar-refractivity contribution is 0.0929. The lowest BCUT2D eigenvalue weighted by Crippen LogP contribution is -2.41. The highest BCUT2D eigenvalue weighted by molar-refractivity contribution is 7.91. The Bertz CT molecular complexity index is 797. The fourth-order valence-corrected chi connectivity index (χ4v) is 4.26. The van der Waals surface area contributed by atoms with Gasteiger partial charge < -0.3 is 5.32 Å². The molecule has 1 amide bonds. The number of nitrogens with zero attached hydrogens (tertiary/aromatic N) is 1. The number of H-pyrrole nitrogens is 1. The van der Waals surface area contributed by atoms with E-state index in [-0.39, 0.29) is 17.2 Å². The van der Waals surface area contributed by atoms with Gasteiger partial charge in [0.1, 0.15) is 9.84 Å². The first kappa shape index (κ1) is 15.0. The first-order valence-electron chi connectivity index (χ1n) is 7.37. The van der Waals surface area contributed by atoms with Crippen molar-refractivity contribution in [1.82, 2.24) is 15.5 Å². The zero-order valence-corrected chi connectivity index (χ0v) is 13.2. The molecule has 2 unspecified atom stereocenters. The molecule has 7 heteroatoms. The second-order valence-corrected chi connectivity index (χ2v) is 8.25. The summed E-state index contributed by atoms with van der Waals surface area (Å²) >= 11 is 0. The molecule has 1 aromatic carbocycles. The Labute approximate surface area is 129 Å². The smallest absolute Gasteiger partial charge is 0.253 e. The molecule has 6 nitrogen and oxygen atoms in total. The van der Waals surface area contributed by atoms with Crippen LogP contribution in [0.15, 0.2) is 24.4 Å². The maximum atomic E-state index is 12.5. The molecule has 0 radical (unpaired) electrons. The van der Waals surface area contributed by atoms with Gasteiger partial charge in [0.25, 0.3) is 5.91 Å². The molecule has 1 fully saturated rings. The highest BCUT2D eigenvalue weighted by atomic mass is 32.2. The minimum Gasteiger partial charge on any atom is -0.349 e. The van der Waals surface area contributed by atoms with Crippen LogP contribution in [0.5, 0.6) is 0 Å². The summed E-state index contributed by atoms with van der Waals surface area (Å²) in [6, 6.07) is 5.34. The van der Waals surface area contributed by atoms with Crippen LogP contribution in [0.1, 0.15) is 36.0 Å². The molecular formula is C15H19N3O3S. The van der Waals surface area contributed by atoms with Gasteiger partial charge in [-0.05, 0) is 25.3 Å². The van der Waals surface area contributed by atoms with E-state index in [9.17, 15) is 13.2 Å². The summed E-state index contributed by atoms with van der Waals surface area (Å²) in [5.74, 6) is -0.186. The highest BCUT2D eigenvalue weighted by Gasteiger charge is 2.30. The van der Waals surface area contributed by atoms with Gasteiger partial charge in [-0.15, -0.1) is 0 Å². The third-order valence-electron chi connectivity index (χ3n) is 4.29. The molecule has 118 valence electrons. The Morgan fingerprint density at radius 3 is 2.95 bits per heavy atom. The van der Waals surface area contributed by atoms with Crippen LogP contribution in [-0.2, 0) is 9.84 Å². The second-order valence-electron chi connectivity index (χ2n) is 5.93. The van der Waals surface area contributed by atoms with E-state index < -0.39 is 9.84 Å². The summed E-state index contributed by atoms with van der Waals surface area (Å²) in [6.07, 6.45) is 5.75. The van der Waals surface area contributed by atoms with Crippen LogP contribution in [0.25, 0.3) is 10.9 Å². The number of amides is 1. The Balaban J connectivity index is 1.75. The summed E-state index contributed by atoms with van der Waals surface area (Å²) in [5.41, 5.74) is 1.24. The predicted octanol–water partition coefficient (Wildman–Crippen LogP) is 1.65. The van der Waals surface area contributed by atoms with Crippen molar-refractivity contribution in [1.29, 1.82) is 0 Å². The van der Waals surface area contributed by atoms with Crippen molar-refractivity contribution in [3.63, 3.8) is 0 Å². The molecule has 1 aromatic heterocycles. The van der Waals surface area contributed by atoms with Gasteiger partial charge in [-0.3, -0.25) is 9.89 Å². The number of sulfone groups is 1. The molecule has 1 aliphatic rings. The number of carbonyl (C=O) groups excluding carboxylic acids is 1. The van der Waals surface area contributed by atoms with Gasteiger partial charge in [0.2, 0.25) is 0 Å². The topological polar surface area (TPSA) is 91.9 Å². The number of carbonyl (C=O) groups is 1. The summed E-state index contributed by atoms with van der Waals surface area (Å²) in [4.78, 5) is 12.5. The lowest BCUT2D eigenvalue weighted by Gasteiger charge is -2.28. The number of hydrogen-bond acceptors (Lipinski definition) is 4. The van der Waals surface area contributed by atoms with Gasteiger partial charge in [-0.1, -0.05) is 18.6 Å². The average Bonchev–Trinajstić information content (AvgIpc) is 2.94. The second kappa shape index (κ2) is 5.72. The van der Waals surface area contributed by atoms with Gasteiger partial charge in [0, 0.05) is 17.7 Å². The van der Waals surface area contributed by atoms with E-state index in [1.807, 2.05) is 12.1 Å². The number of nitrogens with one attached hydrogen (secondary N) is 2. The summed E-state index contributed by atoms with van der Waals surface area (Å²) in [5, 5.41) is 10.3. The van der Waals surface area contributed by atoms with Crippen molar-refractivity contribution in [2.75, 3.05) is 6.26 Å². The van der Waals surface area contributed by atoms with Crippen molar-refractivity contribution in [2.45, 2.75) is 37.0 Å². The lowest BCUT2D eigenvalue weighted by atomic mass is 9.94. The molecule has 0 saturated heterocycles. The van der Waals surface area contributed by atoms with Crippen LogP contribution in [0, 0.1) is 0 Å². The van der Waals surface area contributed by atoms with E-state index in [1.165, 1.54) is 6.26 Å². The average molecular weight is 321 g/mol. The quantitative estimate of drug-likeness (QED) is 0.899. The fraction of sp³-hybridized carbons (Fsp3) is 0.467. The molecule has 0 bridgehead atoms. The predicted molar refractivity (Wildman–Crippen MR) is 84.4 cm³/mol. The minimum atomic E-state index is -3.05. The van der Waals surface area contributed by atoms with Crippen molar-refractivity contribution < 1.29 is 13.2 Å². The molecule has 3 rings (SSSR count). The largest absolute Gasteiger partial charge is 0.349 e. The van der Waals surface area contributed by atoms with E-state index in [0.29, 0.717) is 23.9 Å². The van der Waals surface area contributed by atoms with E-state index in [1.54, 1.807) is 12.3 Å². The zero-order valence-electron chi connectivity index (χ0n) is 12.4. The van der Waals surface area contributed by atoms with Crippen molar-refractivity contribution in [3.05, 3.63) is 30.0 Å². The Kier molecular flexibility index (Phi) is 3.90. The molecule has 0 aliphatic heterocycles. The number of benzene rings is 1. The summed E-state index contributed by atoms with van der Waals surface area (Å²) < 4.78 is 23.4. The van der Waals surface area contributed by atoms with Crippen LogP contribution in [-0.4, -0.2) is 42.1 Å². The van der Waals surface area contributed by atoms with E-state index in [2.05, 4.69) is 15.5 Å². The molecule has 2 aromatic rings. The molecule has 1 aliphatic carbocycles. The van der Waals surface area contributed by atoms with Crippen molar-refractivity contribution >= 4 is 26.6 Å². The maximum absolute atomic E-state index is 12.5. The normalized spacial score (nSPS) is 22.6. The Morgan fingerprint density at radius 2 is 2.18 bits per heavy atom. The van der Waals surface area contributed by atoms with E-state index >= 15 is 0 Å². The number of aromatic amines is 1. The highest BCUT2D eigenvalue weighted by Crippen LogP contribution is 2.24. The maximum Gasteiger partial charge on any atom is 0.253 e. The fourth-order valence-electron chi connectivity index (χ4n) is 3.09. The standard InChI is InChI=1S/C15H19N3O3S/c1-22(20,21)12-6-3-5-11(8-12)17-15(19)13-7-2-4-10-9-16-18-14(10)13/h2,4,7,9,11-12H,3,5-6,8H2,1H3,(H,16,18)(H,17,19).